The number of rotatable bonds is 6. The van der Waals surface area contributed by atoms with Crippen LogP contribution in [0.15, 0.2) is 24.3 Å². The lowest BCUT2D eigenvalue weighted by Gasteiger charge is -2.35. The zero-order valence-corrected chi connectivity index (χ0v) is 23.6. The minimum Gasteiger partial charge on any atom is -0.475 e. The molecule has 1 aromatic rings. The van der Waals surface area contributed by atoms with Crippen molar-refractivity contribution in [2.45, 2.75) is 56.8 Å². The number of morpholine rings is 1. The maximum absolute atomic E-state index is 12.0. The number of piperidine rings is 1. The number of carboxylic acids is 2. The first kappa shape index (κ1) is 36.0. The van der Waals surface area contributed by atoms with Crippen molar-refractivity contribution in [3.8, 4) is 0 Å². The number of likely N-dealkylation sites (tertiary alicyclic amines) is 1. The zero-order chi connectivity index (χ0) is 32.2. The van der Waals surface area contributed by atoms with Crippen molar-refractivity contribution in [3.05, 3.63) is 41.0 Å². The van der Waals surface area contributed by atoms with Gasteiger partial charge in [0, 0.05) is 31.7 Å². The third-order valence-electron chi connectivity index (χ3n) is 7.33. The molecule has 2 saturated heterocycles. The summed E-state index contributed by atoms with van der Waals surface area (Å²) in [6, 6.07) is 6.37. The molecule has 9 nitrogen and oxygen atoms in total. The largest absolute Gasteiger partial charge is 0.490 e. The first-order valence-electron chi connectivity index (χ1n) is 13.9. The number of halogens is 6. The standard InChI is InChI=1S/C24H35N3O2.2C2HF3O2/c25-24(28)22-7-6-21(18-23(22)20-4-2-1-3-5-20)19-8-10-26(11-9-19)12-13-27-14-16-29-17-15-27;2*3-2(4,5)1(6)7/h4,6-7,18-19H,1-3,5,8-17H2,(H2,25,28);2*(H,6,7). The maximum atomic E-state index is 12.0. The molecule has 15 heteroatoms. The molecular formula is C28H37F6N3O6. The highest BCUT2D eigenvalue weighted by atomic mass is 19.4. The second kappa shape index (κ2) is 16.6. The van der Waals surface area contributed by atoms with Crippen molar-refractivity contribution >= 4 is 23.4 Å². The van der Waals surface area contributed by atoms with Gasteiger partial charge in [-0.3, -0.25) is 9.69 Å². The number of hydrogen-bond donors (Lipinski definition) is 3. The van der Waals surface area contributed by atoms with Gasteiger partial charge in [0.2, 0.25) is 5.91 Å². The van der Waals surface area contributed by atoms with Crippen LogP contribution in [0.2, 0.25) is 0 Å². The molecule has 0 unspecified atom stereocenters. The second-order valence-electron chi connectivity index (χ2n) is 10.3. The molecule has 2 aliphatic heterocycles. The fourth-order valence-electron chi connectivity index (χ4n) is 4.98. The number of allylic oxidation sites excluding steroid dienone is 2. The summed E-state index contributed by atoms with van der Waals surface area (Å²) in [5.41, 5.74) is 10.1. The molecule has 0 aromatic heterocycles. The van der Waals surface area contributed by atoms with E-state index in [-0.39, 0.29) is 5.91 Å². The van der Waals surface area contributed by atoms with Crippen molar-refractivity contribution in [2.24, 2.45) is 5.73 Å². The summed E-state index contributed by atoms with van der Waals surface area (Å²) < 4.78 is 68.9. The van der Waals surface area contributed by atoms with Crippen LogP contribution in [-0.2, 0) is 14.3 Å². The summed E-state index contributed by atoms with van der Waals surface area (Å²) in [5.74, 6) is -5.24. The number of ether oxygens (including phenoxy) is 1. The van der Waals surface area contributed by atoms with Gasteiger partial charge in [-0.1, -0.05) is 18.2 Å². The minimum absolute atomic E-state index is 0.309. The normalized spacial score (nSPS) is 18.8. The number of benzene rings is 1. The lowest BCUT2D eigenvalue weighted by molar-refractivity contribution is -0.193. The van der Waals surface area contributed by atoms with E-state index in [9.17, 15) is 31.1 Å². The molecule has 0 spiro atoms. The Bertz CT molecular complexity index is 1090. The molecule has 0 atom stereocenters. The molecule has 2 fully saturated rings. The third kappa shape index (κ3) is 12.5. The first-order chi connectivity index (χ1) is 20.1. The number of nitrogens with zero attached hydrogens (tertiary/aromatic N) is 2. The second-order valence-corrected chi connectivity index (χ2v) is 10.3. The van der Waals surface area contributed by atoms with Gasteiger partial charge in [-0.2, -0.15) is 26.3 Å². The molecule has 1 aromatic carbocycles. The highest BCUT2D eigenvalue weighted by molar-refractivity contribution is 5.98. The molecule has 4 N–H and O–H groups in total. The van der Waals surface area contributed by atoms with Crippen molar-refractivity contribution in [1.82, 2.24) is 9.80 Å². The van der Waals surface area contributed by atoms with E-state index in [0.29, 0.717) is 11.5 Å². The molecular weight excluding hydrogens is 588 g/mol. The monoisotopic (exact) mass is 625 g/mol. The number of amides is 1. The van der Waals surface area contributed by atoms with Crippen LogP contribution >= 0.6 is 0 Å². The zero-order valence-electron chi connectivity index (χ0n) is 23.6. The number of aliphatic carboxylic acids is 2. The van der Waals surface area contributed by atoms with Gasteiger partial charge in [-0.25, -0.2) is 9.59 Å². The number of nitrogens with two attached hydrogens (primary N) is 1. The Balaban J connectivity index is 0.000000384. The molecule has 0 bridgehead atoms. The summed E-state index contributed by atoms with van der Waals surface area (Å²) in [4.78, 5) is 34.9. The van der Waals surface area contributed by atoms with E-state index in [1.165, 1.54) is 36.8 Å². The lowest BCUT2D eigenvalue weighted by Crippen LogP contribution is -2.43. The van der Waals surface area contributed by atoms with E-state index in [4.69, 9.17) is 30.3 Å². The van der Waals surface area contributed by atoms with Crippen LogP contribution in [0.4, 0.5) is 26.3 Å². The summed E-state index contributed by atoms with van der Waals surface area (Å²) in [7, 11) is 0. The SMILES string of the molecule is NC(=O)c1ccc(C2CCN(CCN3CCOCC3)CC2)cc1C1=CCCCC1.O=C(O)C(F)(F)F.O=C(O)C(F)(F)F. The van der Waals surface area contributed by atoms with Crippen molar-refractivity contribution in [3.63, 3.8) is 0 Å². The smallest absolute Gasteiger partial charge is 0.475 e. The molecule has 43 heavy (non-hydrogen) atoms. The van der Waals surface area contributed by atoms with Crippen molar-refractivity contribution in [1.29, 1.82) is 0 Å². The minimum atomic E-state index is -5.08. The molecule has 1 amide bonds. The maximum Gasteiger partial charge on any atom is 0.490 e. The Hall–Kier alpha value is -3.17. The van der Waals surface area contributed by atoms with E-state index in [2.05, 4.69) is 28.0 Å². The Morgan fingerprint density at radius 1 is 0.860 bits per heavy atom. The molecule has 242 valence electrons. The predicted molar refractivity (Wildman–Crippen MR) is 144 cm³/mol. The average molecular weight is 626 g/mol. The average Bonchev–Trinajstić information content (AvgIpc) is 2.96. The highest BCUT2D eigenvalue weighted by Crippen LogP contribution is 2.34. The van der Waals surface area contributed by atoms with E-state index >= 15 is 0 Å². The molecule has 0 radical (unpaired) electrons. The van der Waals surface area contributed by atoms with Crippen LogP contribution in [0.3, 0.4) is 0 Å². The predicted octanol–water partition coefficient (Wildman–Crippen LogP) is 4.52. The number of alkyl halides is 6. The topological polar surface area (TPSA) is 133 Å². The van der Waals surface area contributed by atoms with Crippen LogP contribution in [0.1, 0.15) is 65.9 Å². The Morgan fingerprint density at radius 3 is 1.81 bits per heavy atom. The van der Waals surface area contributed by atoms with Gasteiger partial charge in [0.25, 0.3) is 0 Å². The lowest BCUT2D eigenvalue weighted by atomic mass is 9.84. The molecule has 1 aliphatic carbocycles. The van der Waals surface area contributed by atoms with Gasteiger partial charge in [0.05, 0.1) is 13.2 Å². The third-order valence-corrected chi connectivity index (χ3v) is 7.33. The Labute approximate surface area is 245 Å². The fourth-order valence-corrected chi connectivity index (χ4v) is 4.98. The van der Waals surface area contributed by atoms with Crippen LogP contribution in [-0.4, -0.2) is 103 Å². The molecule has 3 aliphatic rings. The van der Waals surface area contributed by atoms with Crippen LogP contribution in [0.25, 0.3) is 5.57 Å². The van der Waals surface area contributed by atoms with E-state index in [0.717, 1.165) is 70.9 Å². The van der Waals surface area contributed by atoms with Gasteiger partial charge in [-0.15, -0.1) is 0 Å². The first-order valence-corrected chi connectivity index (χ1v) is 13.9. The number of primary amides is 1. The van der Waals surface area contributed by atoms with Crippen molar-refractivity contribution < 1.29 is 55.7 Å². The summed E-state index contributed by atoms with van der Waals surface area (Å²) in [6.45, 7) is 8.52. The van der Waals surface area contributed by atoms with Crippen molar-refractivity contribution in [2.75, 3.05) is 52.5 Å². The number of hydrogen-bond acceptors (Lipinski definition) is 6. The number of carboxylic acid groups (broad SMARTS) is 2. The summed E-state index contributed by atoms with van der Waals surface area (Å²) in [5, 5.41) is 14.2. The number of carbonyl (C=O) groups is 3. The fraction of sp³-hybridized carbons (Fsp3) is 0.607. The van der Waals surface area contributed by atoms with E-state index < -0.39 is 24.3 Å². The molecule has 2 heterocycles. The van der Waals surface area contributed by atoms with Gasteiger partial charge in [-0.05, 0) is 80.3 Å². The van der Waals surface area contributed by atoms with E-state index in [1.807, 2.05) is 6.07 Å². The highest BCUT2D eigenvalue weighted by Gasteiger charge is 2.39. The van der Waals surface area contributed by atoms with Gasteiger partial charge in [0.1, 0.15) is 0 Å². The number of carbonyl (C=O) groups excluding carboxylic acids is 1. The molecule has 4 rings (SSSR count). The van der Waals surface area contributed by atoms with Crippen LogP contribution in [0.5, 0.6) is 0 Å². The quantitative estimate of drug-likeness (QED) is 0.393. The molecule has 0 saturated carbocycles. The van der Waals surface area contributed by atoms with Gasteiger partial charge in [0.15, 0.2) is 0 Å². The van der Waals surface area contributed by atoms with Gasteiger partial charge < -0.3 is 25.6 Å². The van der Waals surface area contributed by atoms with Crippen LogP contribution < -0.4 is 5.73 Å². The Morgan fingerprint density at radius 2 is 1.37 bits per heavy atom. The van der Waals surface area contributed by atoms with Gasteiger partial charge >= 0.3 is 24.3 Å². The summed E-state index contributed by atoms with van der Waals surface area (Å²) in [6.07, 6.45) is -0.852. The van der Waals surface area contributed by atoms with E-state index in [1.54, 1.807) is 0 Å². The Kier molecular flexibility index (Phi) is 13.9. The van der Waals surface area contributed by atoms with Crippen LogP contribution in [0, 0.1) is 0 Å². The summed E-state index contributed by atoms with van der Waals surface area (Å²) >= 11 is 0.